The van der Waals surface area contributed by atoms with Gasteiger partial charge in [0.15, 0.2) is 0 Å². The lowest BCUT2D eigenvalue weighted by atomic mass is 10.2. The van der Waals surface area contributed by atoms with Gasteiger partial charge in [-0.15, -0.1) is 11.8 Å². The molecule has 0 saturated heterocycles. The fourth-order valence-corrected chi connectivity index (χ4v) is 5.56. The third kappa shape index (κ3) is 4.98. The number of nitro groups is 1. The lowest BCUT2D eigenvalue weighted by molar-refractivity contribution is -0.384. The summed E-state index contributed by atoms with van der Waals surface area (Å²) in [5.41, 5.74) is 2.61. The van der Waals surface area contributed by atoms with Crippen molar-refractivity contribution >= 4 is 58.1 Å². The summed E-state index contributed by atoms with van der Waals surface area (Å²) in [6.45, 7) is 0. The maximum absolute atomic E-state index is 13.3. The first-order valence-corrected chi connectivity index (χ1v) is 12.8. The fourth-order valence-electron chi connectivity index (χ4n) is 3.76. The second-order valence-corrected chi connectivity index (χ2v) is 9.97. The molecule has 0 aromatic heterocycles. The van der Waals surface area contributed by atoms with Crippen LogP contribution < -0.4 is 10.2 Å². The number of para-hydroxylation sites is 2. The van der Waals surface area contributed by atoms with E-state index in [0.29, 0.717) is 11.3 Å². The first kappa shape index (κ1) is 23.7. The Morgan fingerprint density at radius 2 is 1.42 bits per heavy atom. The maximum atomic E-state index is 13.3. The number of thioether (sulfide) groups is 1. The molecule has 0 fully saturated rings. The molecule has 178 valence electrons. The standard InChI is InChI=1S/C27H19N3O4S2/c31-26(29-22-5-1-3-7-24(22)36-25-8-4-2-6-23(25)29)17-35-21-15-11-19(12-16-21)28-27(32)18-9-13-20(14-10-18)30(33)34/h1-16H,17H2,(H,28,32). The van der Waals surface area contributed by atoms with Crippen molar-refractivity contribution in [2.75, 3.05) is 16.0 Å². The lowest BCUT2D eigenvalue weighted by Gasteiger charge is -2.31. The molecule has 4 aromatic rings. The number of rotatable bonds is 6. The Hall–Kier alpha value is -4.08. The number of benzene rings is 4. The van der Waals surface area contributed by atoms with Crippen LogP contribution in [0.15, 0.2) is 112 Å². The highest BCUT2D eigenvalue weighted by Gasteiger charge is 2.27. The van der Waals surface area contributed by atoms with Crippen LogP contribution in [0.25, 0.3) is 0 Å². The number of carbonyl (C=O) groups excluding carboxylic acids is 2. The zero-order chi connectivity index (χ0) is 25.1. The van der Waals surface area contributed by atoms with E-state index in [9.17, 15) is 19.7 Å². The van der Waals surface area contributed by atoms with Gasteiger partial charge in [0.1, 0.15) is 0 Å². The highest BCUT2D eigenvalue weighted by Crippen LogP contribution is 2.48. The van der Waals surface area contributed by atoms with Crippen molar-refractivity contribution in [2.45, 2.75) is 14.7 Å². The van der Waals surface area contributed by atoms with Gasteiger partial charge in [-0.25, -0.2) is 0 Å². The Morgan fingerprint density at radius 3 is 2.00 bits per heavy atom. The molecule has 0 unspecified atom stereocenters. The van der Waals surface area contributed by atoms with Crippen molar-refractivity contribution in [3.63, 3.8) is 0 Å². The molecule has 0 radical (unpaired) electrons. The highest BCUT2D eigenvalue weighted by atomic mass is 32.2. The summed E-state index contributed by atoms with van der Waals surface area (Å²) in [6, 6.07) is 28.4. The third-order valence-electron chi connectivity index (χ3n) is 5.50. The summed E-state index contributed by atoms with van der Waals surface area (Å²) >= 11 is 3.08. The van der Waals surface area contributed by atoms with Crippen molar-refractivity contribution in [1.29, 1.82) is 0 Å². The molecule has 1 heterocycles. The number of nitrogens with zero attached hydrogens (tertiary/aromatic N) is 2. The molecular weight excluding hydrogens is 494 g/mol. The van der Waals surface area contributed by atoms with E-state index < -0.39 is 4.92 Å². The smallest absolute Gasteiger partial charge is 0.269 e. The van der Waals surface area contributed by atoms with Crippen molar-refractivity contribution in [2.24, 2.45) is 0 Å². The van der Waals surface area contributed by atoms with Crippen LogP contribution in [0.3, 0.4) is 0 Å². The summed E-state index contributed by atoms with van der Waals surface area (Å²) in [6.07, 6.45) is 0. The SMILES string of the molecule is O=C(Nc1ccc(SCC(=O)N2c3ccccc3Sc3ccccc32)cc1)c1ccc([N+](=O)[O-])cc1. The van der Waals surface area contributed by atoms with Gasteiger partial charge in [0.25, 0.3) is 11.6 Å². The van der Waals surface area contributed by atoms with E-state index in [1.54, 1.807) is 28.8 Å². The molecule has 7 nitrogen and oxygen atoms in total. The van der Waals surface area contributed by atoms with Crippen LogP contribution in [0, 0.1) is 10.1 Å². The van der Waals surface area contributed by atoms with Crippen LogP contribution in [-0.4, -0.2) is 22.5 Å². The Bertz CT molecular complexity index is 1410. The number of anilines is 3. The highest BCUT2D eigenvalue weighted by molar-refractivity contribution is 8.00. The second kappa shape index (κ2) is 10.3. The molecule has 4 aromatic carbocycles. The molecule has 0 spiro atoms. The van der Waals surface area contributed by atoms with Gasteiger partial charge in [-0.1, -0.05) is 36.0 Å². The molecule has 0 bridgehead atoms. The van der Waals surface area contributed by atoms with Crippen LogP contribution in [0.5, 0.6) is 0 Å². The average Bonchev–Trinajstić information content (AvgIpc) is 2.91. The normalized spacial score (nSPS) is 11.8. The van der Waals surface area contributed by atoms with E-state index in [0.717, 1.165) is 26.1 Å². The van der Waals surface area contributed by atoms with Crippen molar-refractivity contribution in [3.05, 3.63) is 113 Å². The number of amides is 2. The Kier molecular flexibility index (Phi) is 6.75. The number of hydrogen-bond acceptors (Lipinski definition) is 6. The predicted octanol–water partition coefficient (Wildman–Crippen LogP) is 6.77. The topological polar surface area (TPSA) is 92.6 Å². The molecule has 0 saturated carbocycles. The first-order valence-electron chi connectivity index (χ1n) is 11.0. The van der Waals surface area contributed by atoms with Gasteiger partial charge < -0.3 is 5.32 Å². The van der Waals surface area contributed by atoms with Gasteiger partial charge in [-0.05, 0) is 60.7 Å². The van der Waals surface area contributed by atoms with E-state index in [4.69, 9.17) is 0 Å². The Balaban J connectivity index is 1.24. The second-order valence-electron chi connectivity index (χ2n) is 7.84. The van der Waals surface area contributed by atoms with Crippen LogP contribution in [0.2, 0.25) is 0 Å². The molecule has 1 aliphatic rings. The number of hydrogen-bond donors (Lipinski definition) is 1. The molecule has 9 heteroatoms. The summed E-state index contributed by atoms with van der Waals surface area (Å²) in [5, 5.41) is 13.6. The van der Waals surface area contributed by atoms with Crippen molar-refractivity contribution in [1.82, 2.24) is 0 Å². The number of non-ortho nitro benzene ring substituents is 1. The summed E-state index contributed by atoms with van der Waals surface area (Å²) < 4.78 is 0. The minimum Gasteiger partial charge on any atom is -0.322 e. The molecule has 1 N–H and O–H groups in total. The number of nitrogens with one attached hydrogen (secondary N) is 1. The molecule has 36 heavy (non-hydrogen) atoms. The quantitative estimate of drug-likeness (QED) is 0.174. The van der Waals surface area contributed by atoms with Crippen LogP contribution >= 0.6 is 23.5 Å². The van der Waals surface area contributed by atoms with Gasteiger partial charge in [0.05, 0.1) is 22.1 Å². The largest absolute Gasteiger partial charge is 0.322 e. The molecule has 1 aliphatic heterocycles. The van der Waals surface area contributed by atoms with Crippen LogP contribution in [0.1, 0.15) is 10.4 Å². The van der Waals surface area contributed by atoms with E-state index >= 15 is 0 Å². The van der Waals surface area contributed by atoms with Gasteiger partial charge >= 0.3 is 0 Å². The summed E-state index contributed by atoms with van der Waals surface area (Å²) in [4.78, 5) is 40.8. The Labute approximate surface area is 215 Å². The first-order chi connectivity index (χ1) is 17.5. The third-order valence-corrected chi connectivity index (χ3v) is 7.62. The van der Waals surface area contributed by atoms with E-state index in [1.807, 2.05) is 60.7 Å². The van der Waals surface area contributed by atoms with E-state index in [2.05, 4.69) is 5.32 Å². The van der Waals surface area contributed by atoms with Crippen molar-refractivity contribution in [3.8, 4) is 0 Å². The maximum Gasteiger partial charge on any atom is 0.269 e. The van der Waals surface area contributed by atoms with Crippen LogP contribution in [0.4, 0.5) is 22.7 Å². The predicted molar refractivity (Wildman–Crippen MR) is 142 cm³/mol. The minimum absolute atomic E-state index is 0.0178. The molecule has 5 rings (SSSR count). The zero-order valence-electron chi connectivity index (χ0n) is 18.8. The Morgan fingerprint density at radius 1 is 0.833 bits per heavy atom. The van der Waals surface area contributed by atoms with E-state index in [-0.39, 0.29) is 23.3 Å². The van der Waals surface area contributed by atoms with Gasteiger partial charge in [-0.2, -0.15) is 0 Å². The molecular formula is C27H19N3O4S2. The lowest BCUT2D eigenvalue weighted by Crippen LogP contribution is -2.29. The number of nitro benzene ring substituents is 1. The van der Waals surface area contributed by atoms with Crippen molar-refractivity contribution < 1.29 is 14.5 Å². The van der Waals surface area contributed by atoms with Gasteiger partial charge in [-0.3, -0.25) is 24.6 Å². The molecule has 0 atom stereocenters. The summed E-state index contributed by atoms with van der Waals surface area (Å²) in [7, 11) is 0. The van der Waals surface area contributed by atoms with E-state index in [1.165, 1.54) is 36.0 Å². The molecule has 2 amide bonds. The minimum atomic E-state index is -0.509. The number of fused-ring (bicyclic) bond motifs is 2. The van der Waals surface area contributed by atoms with Gasteiger partial charge in [0, 0.05) is 38.1 Å². The number of carbonyl (C=O) groups is 2. The van der Waals surface area contributed by atoms with Crippen LogP contribution in [-0.2, 0) is 4.79 Å². The summed E-state index contributed by atoms with van der Waals surface area (Å²) in [5.74, 6) is -0.126. The fraction of sp³-hybridized carbons (Fsp3) is 0.0370. The van der Waals surface area contributed by atoms with Gasteiger partial charge in [0.2, 0.25) is 5.91 Å². The molecule has 0 aliphatic carbocycles. The zero-order valence-corrected chi connectivity index (χ0v) is 20.4. The monoisotopic (exact) mass is 513 g/mol. The average molecular weight is 514 g/mol.